The van der Waals surface area contributed by atoms with E-state index in [0.29, 0.717) is 13.1 Å². The van der Waals surface area contributed by atoms with E-state index in [-0.39, 0.29) is 18.4 Å². The maximum atomic E-state index is 12.4. The Labute approximate surface area is 156 Å². The van der Waals surface area contributed by atoms with Crippen LogP contribution in [-0.2, 0) is 28.6 Å². The number of amides is 1. The summed E-state index contributed by atoms with van der Waals surface area (Å²) in [6.07, 6.45) is 1.86. The highest BCUT2D eigenvalue weighted by Crippen LogP contribution is 2.26. The van der Waals surface area contributed by atoms with Crippen LogP contribution in [0.25, 0.3) is 0 Å². The quantitative estimate of drug-likeness (QED) is 0.688. The molecule has 9 nitrogen and oxygen atoms in total. The molecule has 1 aromatic heterocycles. The van der Waals surface area contributed by atoms with Gasteiger partial charge in [-0.15, -0.1) is 0 Å². The summed E-state index contributed by atoms with van der Waals surface area (Å²) in [6.45, 7) is 1.81. The van der Waals surface area contributed by atoms with Crippen molar-refractivity contribution in [3.63, 3.8) is 0 Å². The first-order chi connectivity index (χ1) is 12.1. The molecule has 1 N–H and O–H groups in total. The summed E-state index contributed by atoms with van der Waals surface area (Å²) in [6, 6.07) is 2.10. The molecule has 2 heterocycles. The normalized spacial score (nSPS) is 18.7. The van der Waals surface area contributed by atoms with Gasteiger partial charge in [0, 0.05) is 46.7 Å². The second-order valence-corrected chi connectivity index (χ2v) is 9.18. The first-order valence-corrected chi connectivity index (χ1v) is 10.2. The van der Waals surface area contributed by atoms with Crippen LogP contribution in [0.4, 0.5) is 0 Å². The van der Waals surface area contributed by atoms with Gasteiger partial charge < -0.3 is 9.80 Å². The molecule has 26 heavy (non-hydrogen) atoms. The van der Waals surface area contributed by atoms with Crippen molar-refractivity contribution in [2.75, 3.05) is 47.8 Å². The molecule has 0 aromatic carbocycles. The molecule has 0 radical (unpaired) electrons. The molecule has 0 spiro atoms. The SMILES string of the molecule is CN(C)Cc1cc(C2CCCN(C(=O)CNS(=O)(=O)N(C)C)C2)nn1C. The van der Waals surface area contributed by atoms with Crippen molar-refractivity contribution in [2.45, 2.75) is 25.3 Å². The van der Waals surface area contributed by atoms with Gasteiger partial charge in [0.15, 0.2) is 0 Å². The van der Waals surface area contributed by atoms with Crippen LogP contribution in [0.15, 0.2) is 6.07 Å². The van der Waals surface area contributed by atoms with Gasteiger partial charge >= 0.3 is 0 Å². The zero-order valence-electron chi connectivity index (χ0n) is 16.3. The number of piperidine rings is 1. The third kappa shape index (κ3) is 5.26. The zero-order chi connectivity index (χ0) is 19.5. The molecule has 1 aromatic rings. The number of rotatable bonds is 7. The van der Waals surface area contributed by atoms with Crippen LogP contribution in [0, 0.1) is 0 Å². The number of nitrogens with one attached hydrogen (secondary N) is 1. The fraction of sp³-hybridized carbons (Fsp3) is 0.750. The minimum Gasteiger partial charge on any atom is -0.341 e. The van der Waals surface area contributed by atoms with Crippen molar-refractivity contribution in [1.29, 1.82) is 0 Å². The molecule has 0 bridgehead atoms. The number of aromatic nitrogens is 2. The lowest BCUT2D eigenvalue weighted by Gasteiger charge is -2.32. The molecule has 1 unspecified atom stereocenters. The van der Waals surface area contributed by atoms with Crippen molar-refractivity contribution in [2.24, 2.45) is 7.05 Å². The molecule has 1 fully saturated rings. The maximum Gasteiger partial charge on any atom is 0.279 e. The Morgan fingerprint density at radius 1 is 1.35 bits per heavy atom. The van der Waals surface area contributed by atoms with Crippen molar-refractivity contribution in [3.8, 4) is 0 Å². The molecule has 1 amide bonds. The van der Waals surface area contributed by atoms with E-state index in [1.54, 1.807) is 4.90 Å². The number of carbonyl (C=O) groups is 1. The second-order valence-electron chi connectivity index (χ2n) is 7.21. The van der Waals surface area contributed by atoms with E-state index in [9.17, 15) is 13.2 Å². The molecule has 148 valence electrons. The van der Waals surface area contributed by atoms with Crippen molar-refractivity contribution in [1.82, 2.24) is 28.6 Å². The maximum absolute atomic E-state index is 12.4. The van der Waals surface area contributed by atoms with Gasteiger partial charge in [0.1, 0.15) is 0 Å². The van der Waals surface area contributed by atoms with E-state index in [1.165, 1.54) is 14.1 Å². The summed E-state index contributed by atoms with van der Waals surface area (Å²) in [7, 11) is 5.22. The molecule has 1 atom stereocenters. The van der Waals surface area contributed by atoms with Gasteiger partial charge in [-0.05, 0) is 33.0 Å². The van der Waals surface area contributed by atoms with Gasteiger partial charge in [-0.25, -0.2) is 0 Å². The smallest absolute Gasteiger partial charge is 0.279 e. The fourth-order valence-corrected chi connectivity index (χ4v) is 3.60. The second kappa shape index (κ2) is 8.47. The van der Waals surface area contributed by atoms with Gasteiger partial charge in [0.2, 0.25) is 5.91 Å². The Kier molecular flexibility index (Phi) is 6.78. The topological polar surface area (TPSA) is 90.8 Å². The highest BCUT2D eigenvalue weighted by Gasteiger charge is 2.27. The predicted molar refractivity (Wildman–Crippen MR) is 99.8 cm³/mol. The zero-order valence-corrected chi connectivity index (χ0v) is 17.1. The standard InChI is InChI=1S/C16H30N6O3S/c1-19(2)12-14-9-15(18-21(14)5)13-7-6-8-22(11-13)16(23)10-17-26(24,25)20(3)4/h9,13,17H,6-8,10-12H2,1-5H3. The molecule has 0 saturated carbocycles. The third-order valence-electron chi connectivity index (χ3n) is 4.55. The lowest BCUT2D eigenvalue weighted by atomic mass is 9.94. The van der Waals surface area contributed by atoms with Crippen LogP contribution >= 0.6 is 0 Å². The Morgan fingerprint density at radius 3 is 2.65 bits per heavy atom. The fourth-order valence-electron chi connectivity index (χ4n) is 3.04. The molecule has 1 aliphatic heterocycles. The Balaban J connectivity index is 1.99. The van der Waals surface area contributed by atoms with E-state index >= 15 is 0 Å². The summed E-state index contributed by atoms with van der Waals surface area (Å²) in [5, 5.41) is 4.62. The number of likely N-dealkylation sites (tertiary alicyclic amines) is 1. The van der Waals surface area contributed by atoms with Gasteiger partial charge in [-0.3, -0.25) is 9.48 Å². The first kappa shape index (κ1) is 20.8. The molecule has 1 aliphatic rings. The van der Waals surface area contributed by atoms with E-state index < -0.39 is 10.2 Å². The highest BCUT2D eigenvalue weighted by atomic mass is 32.2. The minimum atomic E-state index is -3.60. The van der Waals surface area contributed by atoms with Gasteiger partial charge in [0.05, 0.1) is 17.9 Å². The van der Waals surface area contributed by atoms with E-state index in [4.69, 9.17) is 0 Å². The Morgan fingerprint density at radius 2 is 2.04 bits per heavy atom. The highest BCUT2D eigenvalue weighted by molar-refractivity contribution is 7.87. The van der Waals surface area contributed by atoms with Crippen LogP contribution in [-0.4, -0.2) is 86.0 Å². The average molecular weight is 387 g/mol. The number of aryl methyl sites for hydroxylation is 1. The lowest BCUT2D eigenvalue weighted by Crippen LogP contribution is -2.46. The van der Waals surface area contributed by atoms with Gasteiger partial charge in [-0.1, -0.05) is 0 Å². The predicted octanol–water partition coefficient (Wildman–Crippen LogP) is -0.416. The molecule has 2 rings (SSSR count). The van der Waals surface area contributed by atoms with Crippen LogP contribution in [0.3, 0.4) is 0 Å². The molecule has 0 aliphatic carbocycles. The summed E-state index contributed by atoms with van der Waals surface area (Å²) >= 11 is 0. The van der Waals surface area contributed by atoms with E-state index in [2.05, 4.69) is 20.8 Å². The molecule has 10 heteroatoms. The van der Waals surface area contributed by atoms with Gasteiger partial charge in [-0.2, -0.15) is 22.5 Å². The number of nitrogens with zero attached hydrogens (tertiary/aromatic N) is 5. The minimum absolute atomic E-state index is 0.181. The van der Waals surface area contributed by atoms with Gasteiger partial charge in [0.25, 0.3) is 10.2 Å². The number of carbonyl (C=O) groups excluding carboxylic acids is 1. The number of hydrogen-bond donors (Lipinski definition) is 1. The summed E-state index contributed by atoms with van der Waals surface area (Å²) in [4.78, 5) is 16.2. The summed E-state index contributed by atoms with van der Waals surface area (Å²) in [5.74, 6) is -0.0233. The number of hydrogen-bond acceptors (Lipinski definition) is 5. The lowest BCUT2D eigenvalue weighted by molar-refractivity contribution is -0.131. The van der Waals surface area contributed by atoms with Crippen LogP contribution in [0.5, 0.6) is 0 Å². The Hall–Kier alpha value is -1.49. The van der Waals surface area contributed by atoms with Crippen LogP contribution < -0.4 is 4.72 Å². The monoisotopic (exact) mass is 386 g/mol. The van der Waals surface area contributed by atoms with Crippen molar-refractivity contribution < 1.29 is 13.2 Å². The van der Waals surface area contributed by atoms with E-state index in [1.807, 2.05) is 25.8 Å². The molecular weight excluding hydrogens is 356 g/mol. The molecule has 1 saturated heterocycles. The Bertz CT molecular complexity index is 728. The molecular formula is C16H30N6O3S. The largest absolute Gasteiger partial charge is 0.341 e. The van der Waals surface area contributed by atoms with Crippen molar-refractivity contribution >= 4 is 16.1 Å². The summed E-state index contributed by atoms with van der Waals surface area (Å²) in [5.41, 5.74) is 2.13. The first-order valence-electron chi connectivity index (χ1n) is 8.72. The average Bonchev–Trinajstić information content (AvgIpc) is 2.93. The van der Waals surface area contributed by atoms with Crippen LogP contribution in [0.1, 0.15) is 30.1 Å². The van der Waals surface area contributed by atoms with E-state index in [0.717, 1.165) is 35.1 Å². The summed E-state index contributed by atoms with van der Waals surface area (Å²) < 4.78 is 28.8. The third-order valence-corrected chi connectivity index (χ3v) is 6.02. The van der Waals surface area contributed by atoms with Crippen molar-refractivity contribution in [3.05, 3.63) is 17.5 Å². The van der Waals surface area contributed by atoms with Crippen LogP contribution in [0.2, 0.25) is 0 Å².